The summed E-state index contributed by atoms with van der Waals surface area (Å²) in [6, 6.07) is 7.37. The van der Waals surface area contributed by atoms with E-state index in [1.807, 2.05) is 24.3 Å². The van der Waals surface area contributed by atoms with Crippen molar-refractivity contribution in [2.45, 2.75) is 18.9 Å². The van der Waals surface area contributed by atoms with E-state index < -0.39 is 0 Å². The maximum atomic E-state index is 8.89. The molecule has 0 aliphatic heterocycles. The van der Waals surface area contributed by atoms with Crippen LogP contribution in [0.1, 0.15) is 12.0 Å². The molecule has 4 N–H and O–H groups in total. The number of para-hydroxylation sites is 1. The summed E-state index contributed by atoms with van der Waals surface area (Å²) in [5, 5.41) is 17.6. The van der Waals surface area contributed by atoms with Gasteiger partial charge in [-0.25, -0.2) is 0 Å². The highest BCUT2D eigenvalue weighted by atomic mass is 16.5. The highest BCUT2D eigenvalue weighted by Crippen LogP contribution is 2.18. The van der Waals surface area contributed by atoms with E-state index in [0.29, 0.717) is 19.4 Å². The van der Waals surface area contributed by atoms with Gasteiger partial charge in [0, 0.05) is 12.6 Å². The first kappa shape index (κ1) is 13.0. The molecule has 1 rings (SSSR count). The molecule has 0 saturated carbocycles. The highest BCUT2D eigenvalue weighted by molar-refractivity contribution is 5.33. The predicted molar refractivity (Wildman–Crippen MR) is 62.4 cm³/mol. The molecular formula is C12H19NO3. The van der Waals surface area contributed by atoms with Crippen molar-refractivity contribution in [3.63, 3.8) is 0 Å². The summed E-state index contributed by atoms with van der Waals surface area (Å²) in [6.07, 6.45) is 1.20. The van der Waals surface area contributed by atoms with Gasteiger partial charge in [-0.15, -0.1) is 0 Å². The Morgan fingerprint density at radius 2 is 2.00 bits per heavy atom. The van der Waals surface area contributed by atoms with Crippen LogP contribution in [0, 0.1) is 0 Å². The molecule has 16 heavy (non-hydrogen) atoms. The number of hydrogen-bond acceptors (Lipinski definition) is 4. The molecule has 0 bridgehead atoms. The molecule has 4 nitrogen and oxygen atoms in total. The lowest BCUT2D eigenvalue weighted by molar-refractivity contribution is 0.229. The van der Waals surface area contributed by atoms with Crippen LogP contribution >= 0.6 is 0 Å². The fourth-order valence-corrected chi connectivity index (χ4v) is 1.38. The monoisotopic (exact) mass is 225 g/mol. The van der Waals surface area contributed by atoms with Gasteiger partial charge in [0.15, 0.2) is 0 Å². The summed E-state index contributed by atoms with van der Waals surface area (Å²) in [7, 11) is 0. The van der Waals surface area contributed by atoms with Crippen molar-refractivity contribution >= 4 is 0 Å². The van der Waals surface area contributed by atoms with Gasteiger partial charge < -0.3 is 20.7 Å². The van der Waals surface area contributed by atoms with E-state index >= 15 is 0 Å². The van der Waals surface area contributed by atoms with E-state index in [4.69, 9.17) is 20.7 Å². The van der Waals surface area contributed by atoms with E-state index in [0.717, 1.165) is 11.3 Å². The number of aliphatic hydroxyl groups is 2. The van der Waals surface area contributed by atoms with E-state index in [1.165, 1.54) is 0 Å². The van der Waals surface area contributed by atoms with Gasteiger partial charge in [-0.2, -0.15) is 0 Å². The minimum absolute atomic E-state index is 0.0261. The number of rotatable bonds is 7. The van der Waals surface area contributed by atoms with Crippen molar-refractivity contribution in [3.8, 4) is 5.75 Å². The van der Waals surface area contributed by atoms with E-state index in [9.17, 15) is 0 Å². The Kier molecular flexibility index (Phi) is 5.85. The molecule has 0 fully saturated rings. The summed E-state index contributed by atoms with van der Waals surface area (Å²) >= 11 is 0. The average Bonchev–Trinajstić information content (AvgIpc) is 2.31. The Morgan fingerprint density at radius 1 is 1.25 bits per heavy atom. The van der Waals surface area contributed by atoms with Crippen molar-refractivity contribution in [1.29, 1.82) is 0 Å². The third-order valence-corrected chi connectivity index (χ3v) is 2.33. The topological polar surface area (TPSA) is 75.7 Å². The van der Waals surface area contributed by atoms with Crippen molar-refractivity contribution in [2.24, 2.45) is 5.73 Å². The zero-order valence-corrected chi connectivity index (χ0v) is 9.30. The van der Waals surface area contributed by atoms with Crippen LogP contribution in [0.15, 0.2) is 24.3 Å². The summed E-state index contributed by atoms with van der Waals surface area (Å²) in [6.45, 7) is 0.558. The first-order chi connectivity index (χ1) is 7.77. The quantitative estimate of drug-likeness (QED) is 0.624. The Balaban J connectivity index is 2.46. The third kappa shape index (κ3) is 4.18. The molecule has 0 amide bonds. The minimum atomic E-state index is -0.231. The third-order valence-electron chi connectivity index (χ3n) is 2.33. The van der Waals surface area contributed by atoms with Crippen LogP contribution in [0.4, 0.5) is 0 Å². The molecule has 0 aromatic heterocycles. The molecule has 0 spiro atoms. The maximum absolute atomic E-state index is 8.89. The van der Waals surface area contributed by atoms with E-state index in [1.54, 1.807) is 0 Å². The van der Waals surface area contributed by atoms with Crippen molar-refractivity contribution in [2.75, 3.05) is 19.8 Å². The standard InChI is InChI=1S/C12H19NO3/c13-11(9-15)6-8-16-12-4-2-1-3-10(12)5-7-14/h1-4,11,14-15H,5-9,13H2. The van der Waals surface area contributed by atoms with Crippen LogP contribution in [0.3, 0.4) is 0 Å². The minimum Gasteiger partial charge on any atom is -0.493 e. The van der Waals surface area contributed by atoms with Gasteiger partial charge in [-0.1, -0.05) is 18.2 Å². The molecule has 1 unspecified atom stereocenters. The Bertz CT molecular complexity index is 304. The van der Waals surface area contributed by atoms with Crippen molar-refractivity contribution in [3.05, 3.63) is 29.8 Å². The van der Waals surface area contributed by atoms with Gasteiger partial charge in [0.1, 0.15) is 5.75 Å². The van der Waals surface area contributed by atoms with E-state index in [-0.39, 0.29) is 19.3 Å². The molecule has 0 heterocycles. The lowest BCUT2D eigenvalue weighted by Gasteiger charge is -2.12. The second-order valence-electron chi connectivity index (χ2n) is 3.66. The smallest absolute Gasteiger partial charge is 0.122 e. The van der Waals surface area contributed by atoms with Crippen molar-refractivity contribution in [1.82, 2.24) is 0 Å². The molecule has 1 aromatic carbocycles. The van der Waals surface area contributed by atoms with Crippen LogP contribution in [0.25, 0.3) is 0 Å². The largest absolute Gasteiger partial charge is 0.493 e. The molecule has 1 atom stereocenters. The number of nitrogens with two attached hydrogens (primary N) is 1. The zero-order chi connectivity index (χ0) is 11.8. The number of aliphatic hydroxyl groups excluding tert-OH is 2. The Morgan fingerprint density at radius 3 is 2.69 bits per heavy atom. The second kappa shape index (κ2) is 7.22. The number of benzene rings is 1. The van der Waals surface area contributed by atoms with Gasteiger partial charge in [0.05, 0.1) is 13.2 Å². The second-order valence-corrected chi connectivity index (χ2v) is 3.66. The Labute approximate surface area is 95.7 Å². The van der Waals surface area contributed by atoms with Gasteiger partial charge >= 0.3 is 0 Å². The summed E-state index contributed by atoms with van der Waals surface area (Å²) in [4.78, 5) is 0. The summed E-state index contributed by atoms with van der Waals surface area (Å²) in [5.74, 6) is 0.779. The summed E-state index contributed by atoms with van der Waals surface area (Å²) < 4.78 is 5.56. The molecule has 0 radical (unpaired) electrons. The molecule has 0 saturated heterocycles. The lowest BCUT2D eigenvalue weighted by atomic mass is 10.1. The lowest BCUT2D eigenvalue weighted by Crippen LogP contribution is -2.26. The molecule has 1 aromatic rings. The zero-order valence-electron chi connectivity index (χ0n) is 9.30. The molecule has 0 aliphatic rings. The molecule has 4 heteroatoms. The number of ether oxygens (including phenoxy) is 1. The maximum Gasteiger partial charge on any atom is 0.122 e. The van der Waals surface area contributed by atoms with Crippen LogP contribution in [-0.4, -0.2) is 36.1 Å². The van der Waals surface area contributed by atoms with Gasteiger partial charge in [-0.05, 0) is 24.5 Å². The highest BCUT2D eigenvalue weighted by Gasteiger charge is 2.04. The van der Waals surface area contributed by atoms with Gasteiger partial charge in [0.25, 0.3) is 0 Å². The van der Waals surface area contributed by atoms with Gasteiger partial charge in [0.2, 0.25) is 0 Å². The van der Waals surface area contributed by atoms with Crippen LogP contribution in [0.5, 0.6) is 5.75 Å². The first-order valence-electron chi connectivity index (χ1n) is 5.46. The Hall–Kier alpha value is -1.10. The molecular weight excluding hydrogens is 206 g/mol. The fourth-order valence-electron chi connectivity index (χ4n) is 1.38. The van der Waals surface area contributed by atoms with Gasteiger partial charge in [-0.3, -0.25) is 0 Å². The SMILES string of the molecule is NC(CO)CCOc1ccccc1CCO. The first-order valence-corrected chi connectivity index (χ1v) is 5.46. The molecule has 90 valence electrons. The number of hydrogen-bond donors (Lipinski definition) is 3. The van der Waals surface area contributed by atoms with Crippen LogP contribution in [-0.2, 0) is 6.42 Å². The predicted octanol–water partition coefficient (Wildman–Crippen LogP) is 0.310. The van der Waals surface area contributed by atoms with Crippen LogP contribution < -0.4 is 10.5 Å². The fraction of sp³-hybridized carbons (Fsp3) is 0.500. The summed E-state index contributed by atoms with van der Waals surface area (Å²) in [5.41, 5.74) is 6.55. The normalized spacial score (nSPS) is 12.4. The van der Waals surface area contributed by atoms with E-state index in [2.05, 4.69) is 0 Å². The van der Waals surface area contributed by atoms with Crippen LogP contribution in [0.2, 0.25) is 0 Å². The average molecular weight is 225 g/mol. The molecule has 0 aliphatic carbocycles. The van der Waals surface area contributed by atoms with Crippen molar-refractivity contribution < 1.29 is 14.9 Å².